The van der Waals surface area contributed by atoms with Crippen molar-refractivity contribution in [1.29, 1.82) is 0 Å². The maximum Gasteiger partial charge on any atom is 0.413 e. The van der Waals surface area contributed by atoms with Gasteiger partial charge < -0.3 is 19.2 Å². The summed E-state index contributed by atoms with van der Waals surface area (Å²) in [6.45, 7) is 0.0180. The van der Waals surface area contributed by atoms with Crippen molar-refractivity contribution in [3.8, 4) is 17.0 Å². The van der Waals surface area contributed by atoms with Gasteiger partial charge in [0.05, 0.1) is 18.4 Å². The van der Waals surface area contributed by atoms with E-state index in [4.69, 9.17) is 14.3 Å². The Hall–Kier alpha value is -3.69. The maximum atomic E-state index is 13.3. The predicted octanol–water partition coefficient (Wildman–Crippen LogP) is 4.49. The summed E-state index contributed by atoms with van der Waals surface area (Å²) in [6.07, 6.45) is -0.426. The number of furan rings is 1. The van der Waals surface area contributed by atoms with Crippen LogP contribution in [0, 0.1) is 0 Å². The Morgan fingerprint density at radius 2 is 1.94 bits per heavy atom. The fraction of sp³-hybridized carbons (Fsp3) is 0.318. The minimum atomic E-state index is -2.72. The molecule has 1 aromatic carbocycles. The third kappa shape index (κ3) is 4.08. The number of likely N-dealkylation sites (tertiary alicyclic amines) is 1. The SMILES string of the molecule is COc1cc(-c2ccc(C(=O)N3CCC(F)(F)CC3)cn2)cc2cc(N(C)C(=O)O)oc12. The quantitative estimate of drug-likeness (QED) is 0.636. The molecular weight excluding hydrogens is 424 g/mol. The van der Waals surface area contributed by atoms with Crippen LogP contribution in [0.3, 0.4) is 0 Å². The fourth-order valence-electron chi connectivity index (χ4n) is 3.58. The van der Waals surface area contributed by atoms with Gasteiger partial charge >= 0.3 is 6.09 Å². The Bertz CT molecular complexity index is 1170. The first kappa shape index (κ1) is 21.5. The number of carbonyl (C=O) groups excluding carboxylic acids is 1. The summed E-state index contributed by atoms with van der Waals surface area (Å²) in [4.78, 5) is 30.5. The first-order valence-corrected chi connectivity index (χ1v) is 9.90. The number of rotatable bonds is 4. The molecule has 1 fully saturated rings. The van der Waals surface area contributed by atoms with Crippen LogP contribution in [0.25, 0.3) is 22.2 Å². The van der Waals surface area contributed by atoms with E-state index in [0.717, 1.165) is 4.90 Å². The summed E-state index contributed by atoms with van der Waals surface area (Å²) in [6, 6.07) is 8.33. The molecular formula is C22H21F2N3O5. The number of fused-ring (bicyclic) bond motifs is 1. The second-order valence-electron chi connectivity index (χ2n) is 7.60. The third-order valence-corrected chi connectivity index (χ3v) is 5.49. The number of methoxy groups -OCH3 is 1. The minimum absolute atomic E-state index is 0.00899. The van der Waals surface area contributed by atoms with E-state index in [1.165, 1.54) is 25.3 Å². The standard InChI is InChI=1S/C22H21F2N3O5/c1-26(21(29)30)18-11-15-9-14(10-17(31-2)19(15)32-18)16-4-3-13(12-25-16)20(28)27-7-5-22(23,24)6-8-27/h3-4,9-12H,5-8H2,1-2H3,(H,29,30). The van der Waals surface area contributed by atoms with Crippen molar-refractivity contribution in [3.05, 3.63) is 42.1 Å². The van der Waals surface area contributed by atoms with Crippen LogP contribution in [0.4, 0.5) is 19.5 Å². The first-order chi connectivity index (χ1) is 15.2. The van der Waals surface area contributed by atoms with Crippen LogP contribution >= 0.6 is 0 Å². The van der Waals surface area contributed by atoms with Crippen LogP contribution in [0.5, 0.6) is 5.75 Å². The Morgan fingerprint density at radius 3 is 2.53 bits per heavy atom. The average Bonchev–Trinajstić information content (AvgIpc) is 3.21. The Balaban J connectivity index is 1.60. The molecule has 4 rings (SSSR count). The molecule has 3 aromatic rings. The van der Waals surface area contributed by atoms with Gasteiger partial charge in [0.15, 0.2) is 11.3 Å². The molecule has 0 aliphatic carbocycles. The van der Waals surface area contributed by atoms with Crippen molar-refractivity contribution >= 4 is 28.9 Å². The van der Waals surface area contributed by atoms with Crippen molar-refractivity contribution in [2.75, 3.05) is 32.1 Å². The van der Waals surface area contributed by atoms with Gasteiger partial charge in [0.25, 0.3) is 11.8 Å². The van der Waals surface area contributed by atoms with Gasteiger partial charge in [0, 0.05) is 56.2 Å². The van der Waals surface area contributed by atoms with Gasteiger partial charge in [0.2, 0.25) is 5.88 Å². The number of hydrogen-bond acceptors (Lipinski definition) is 5. The molecule has 0 unspecified atom stereocenters. The molecule has 1 aliphatic heterocycles. The molecule has 3 heterocycles. The van der Waals surface area contributed by atoms with Gasteiger partial charge in [-0.2, -0.15) is 0 Å². The summed E-state index contributed by atoms with van der Waals surface area (Å²) < 4.78 is 37.7. The number of ether oxygens (including phenoxy) is 1. The molecule has 10 heteroatoms. The molecule has 0 bridgehead atoms. The topological polar surface area (TPSA) is 96.1 Å². The molecule has 1 saturated heterocycles. The van der Waals surface area contributed by atoms with E-state index in [1.807, 2.05) is 0 Å². The molecule has 1 aliphatic rings. The van der Waals surface area contributed by atoms with E-state index >= 15 is 0 Å². The Kier molecular flexibility index (Phi) is 5.45. The minimum Gasteiger partial charge on any atom is -0.493 e. The van der Waals surface area contributed by atoms with Gasteiger partial charge in [0.1, 0.15) is 0 Å². The maximum absolute atomic E-state index is 13.3. The number of amides is 2. The fourth-order valence-corrected chi connectivity index (χ4v) is 3.58. The molecule has 32 heavy (non-hydrogen) atoms. The van der Waals surface area contributed by atoms with E-state index in [1.54, 1.807) is 30.3 Å². The highest BCUT2D eigenvalue weighted by Crippen LogP contribution is 2.36. The number of alkyl halides is 2. The van der Waals surface area contributed by atoms with E-state index in [-0.39, 0.29) is 37.7 Å². The van der Waals surface area contributed by atoms with Crippen LogP contribution in [0.1, 0.15) is 23.2 Å². The monoisotopic (exact) mass is 445 g/mol. The van der Waals surface area contributed by atoms with Crippen LogP contribution < -0.4 is 9.64 Å². The molecule has 2 aromatic heterocycles. The highest BCUT2D eigenvalue weighted by Gasteiger charge is 2.35. The van der Waals surface area contributed by atoms with E-state index in [9.17, 15) is 18.4 Å². The Labute approximate surface area is 182 Å². The summed E-state index contributed by atoms with van der Waals surface area (Å²) in [5.74, 6) is -2.51. The van der Waals surface area contributed by atoms with Crippen molar-refractivity contribution in [1.82, 2.24) is 9.88 Å². The van der Waals surface area contributed by atoms with Crippen LogP contribution in [0.2, 0.25) is 0 Å². The molecule has 168 valence electrons. The summed E-state index contributed by atoms with van der Waals surface area (Å²) in [7, 11) is 2.84. The first-order valence-electron chi connectivity index (χ1n) is 9.90. The molecule has 2 amide bonds. The highest BCUT2D eigenvalue weighted by atomic mass is 19.3. The number of benzene rings is 1. The van der Waals surface area contributed by atoms with Gasteiger partial charge in [-0.1, -0.05) is 0 Å². The van der Waals surface area contributed by atoms with Crippen molar-refractivity contribution in [2.45, 2.75) is 18.8 Å². The van der Waals surface area contributed by atoms with E-state index in [0.29, 0.717) is 33.5 Å². The number of carbonyl (C=O) groups is 2. The van der Waals surface area contributed by atoms with Gasteiger partial charge in [-0.25, -0.2) is 13.6 Å². The molecule has 0 saturated carbocycles. The molecule has 0 atom stereocenters. The van der Waals surface area contributed by atoms with Crippen molar-refractivity contribution < 1.29 is 32.6 Å². The number of anilines is 1. The largest absolute Gasteiger partial charge is 0.493 e. The molecule has 0 radical (unpaired) electrons. The smallest absolute Gasteiger partial charge is 0.413 e. The molecule has 8 nitrogen and oxygen atoms in total. The van der Waals surface area contributed by atoms with Gasteiger partial charge in [-0.05, 0) is 24.3 Å². The third-order valence-electron chi connectivity index (χ3n) is 5.49. The number of pyridine rings is 1. The molecule has 1 N–H and O–H groups in total. The van der Waals surface area contributed by atoms with Gasteiger partial charge in [-0.15, -0.1) is 0 Å². The number of hydrogen-bond donors (Lipinski definition) is 1. The zero-order valence-corrected chi connectivity index (χ0v) is 17.5. The van der Waals surface area contributed by atoms with Crippen molar-refractivity contribution in [3.63, 3.8) is 0 Å². The summed E-state index contributed by atoms with van der Waals surface area (Å²) in [5, 5.41) is 9.79. The predicted molar refractivity (Wildman–Crippen MR) is 113 cm³/mol. The molecule has 0 spiro atoms. The average molecular weight is 445 g/mol. The van der Waals surface area contributed by atoms with Gasteiger partial charge in [-0.3, -0.25) is 14.7 Å². The number of halogens is 2. The lowest BCUT2D eigenvalue weighted by molar-refractivity contribution is -0.0494. The van der Waals surface area contributed by atoms with E-state index < -0.39 is 12.0 Å². The number of carboxylic acid groups (broad SMARTS) is 1. The summed E-state index contributed by atoms with van der Waals surface area (Å²) >= 11 is 0. The zero-order chi connectivity index (χ0) is 23.0. The number of nitrogens with zero attached hydrogens (tertiary/aromatic N) is 3. The van der Waals surface area contributed by atoms with E-state index in [2.05, 4.69) is 4.98 Å². The zero-order valence-electron chi connectivity index (χ0n) is 17.5. The second-order valence-corrected chi connectivity index (χ2v) is 7.60. The summed E-state index contributed by atoms with van der Waals surface area (Å²) in [5.41, 5.74) is 1.95. The number of piperidine rings is 1. The lowest BCUT2D eigenvalue weighted by Crippen LogP contribution is -2.42. The van der Waals surface area contributed by atoms with Crippen LogP contribution in [0.15, 0.2) is 40.9 Å². The lowest BCUT2D eigenvalue weighted by atomic mass is 10.0. The second kappa shape index (κ2) is 8.10. The normalized spacial score (nSPS) is 15.6. The highest BCUT2D eigenvalue weighted by molar-refractivity contribution is 5.95. The van der Waals surface area contributed by atoms with Crippen LogP contribution in [-0.4, -0.2) is 60.2 Å². The number of aromatic nitrogens is 1. The van der Waals surface area contributed by atoms with Crippen molar-refractivity contribution in [2.24, 2.45) is 0 Å². The van der Waals surface area contributed by atoms with Crippen LogP contribution in [-0.2, 0) is 0 Å². The lowest BCUT2D eigenvalue weighted by Gasteiger charge is -2.31. The Morgan fingerprint density at radius 1 is 1.22 bits per heavy atom.